The Morgan fingerprint density at radius 1 is 1.13 bits per heavy atom. The average molecular weight is 324 g/mol. The molecule has 0 saturated carbocycles. The second-order valence-electron chi connectivity index (χ2n) is 5.56. The molecule has 0 aliphatic heterocycles. The van der Waals surface area contributed by atoms with Gasteiger partial charge in [-0.1, -0.05) is 60.2 Å². The zero-order valence-electron chi connectivity index (χ0n) is 13.1. The molecule has 0 fully saturated rings. The second-order valence-corrected chi connectivity index (χ2v) is 6.67. The highest BCUT2D eigenvalue weighted by atomic mass is 32.1. The second kappa shape index (κ2) is 7.51. The SMILES string of the molecule is Cc1cccc(C(O)CNCc2cnc(-c3ccccc3)s2)c1. The summed E-state index contributed by atoms with van der Waals surface area (Å²) in [5.41, 5.74) is 3.26. The molecule has 1 heterocycles. The molecule has 0 aliphatic carbocycles. The van der Waals surface area contributed by atoms with Gasteiger partial charge < -0.3 is 10.4 Å². The van der Waals surface area contributed by atoms with Gasteiger partial charge in [-0.25, -0.2) is 4.98 Å². The van der Waals surface area contributed by atoms with Crippen LogP contribution in [-0.4, -0.2) is 16.6 Å². The maximum Gasteiger partial charge on any atom is 0.123 e. The van der Waals surface area contributed by atoms with Crippen molar-refractivity contribution < 1.29 is 5.11 Å². The Hall–Kier alpha value is -2.01. The smallest absolute Gasteiger partial charge is 0.123 e. The molecule has 3 nitrogen and oxygen atoms in total. The molecule has 0 bridgehead atoms. The molecule has 0 saturated heterocycles. The van der Waals surface area contributed by atoms with Crippen LogP contribution in [0.4, 0.5) is 0 Å². The molecule has 2 N–H and O–H groups in total. The minimum absolute atomic E-state index is 0.489. The van der Waals surface area contributed by atoms with E-state index >= 15 is 0 Å². The minimum atomic E-state index is -0.489. The van der Waals surface area contributed by atoms with Gasteiger partial charge >= 0.3 is 0 Å². The van der Waals surface area contributed by atoms with E-state index in [-0.39, 0.29) is 0 Å². The third-order valence-corrected chi connectivity index (χ3v) is 4.68. The normalized spacial score (nSPS) is 12.3. The van der Waals surface area contributed by atoms with Crippen molar-refractivity contribution in [3.63, 3.8) is 0 Å². The van der Waals surface area contributed by atoms with Gasteiger partial charge in [0.05, 0.1) is 6.10 Å². The number of aromatic nitrogens is 1. The molecule has 118 valence electrons. The average Bonchev–Trinajstić information content (AvgIpc) is 3.04. The van der Waals surface area contributed by atoms with Gasteiger partial charge in [-0.05, 0) is 12.5 Å². The number of thiazole rings is 1. The highest BCUT2D eigenvalue weighted by molar-refractivity contribution is 7.15. The highest BCUT2D eigenvalue weighted by Crippen LogP contribution is 2.24. The van der Waals surface area contributed by atoms with Gasteiger partial charge in [-0.2, -0.15) is 0 Å². The van der Waals surface area contributed by atoms with Gasteiger partial charge in [0.15, 0.2) is 0 Å². The van der Waals surface area contributed by atoms with Crippen LogP contribution in [0.15, 0.2) is 60.8 Å². The topological polar surface area (TPSA) is 45.1 Å². The summed E-state index contributed by atoms with van der Waals surface area (Å²) in [5, 5.41) is 14.6. The fourth-order valence-electron chi connectivity index (χ4n) is 2.43. The van der Waals surface area contributed by atoms with Crippen molar-refractivity contribution >= 4 is 11.3 Å². The Labute approximate surface area is 140 Å². The van der Waals surface area contributed by atoms with Crippen LogP contribution >= 0.6 is 11.3 Å². The Kier molecular flexibility index (Phi) is 5.18. The maximum atomic E-state index is 10.2. The van der Waals surface area contributed by atoms with Crippen molar-refractivity contribution in [3.05, 3.63) is 76.8 Å². The first-order valence-corrected chi connectivity index (χ1v) is 8.49. The standard InChI is InChI=1S/C19H20N2OS/c1-14-6-5-9-16(10-14)18(22)13-20-11-17-12-21-19(23-17)15-7-3-2-4-8-15/h2-10,12,18,20,22H,11,13H2,1H3. The number of rotatable bonds is 6. The lowest BCUT2D eigenvalue weighted by Gasteiger charge is -2.12. The van der Waals surface area contributed by atoms with E-state index in [2.05, 4.69) is 22.4 Å². The largest absolute Gasteiger partial charge is 0.387 e. The first-order chi connectivity index (χ1) is 11.2. The lowest BCUT2D eigenvalue weighted by Crippen LogP contribution is -2.20. The number of hydrogen-bond donors (Lipinski definition) is 2. The van der Waals surface area contributed by atoms with Gasteiger partial charge in [-0.15, -0.1) is 11.3 Å². The molecule has 3 rings (SSSR count). The van der Waals surface area contributed by atoms with Crippen molar-refractivity contribution in [2.45, 2.75) is 19.6 Å². The van der Waals surface area contributed by atoms with Crippen molar-refractivity contribution in [1.29, 1.82) is 0 Å². The van der Waals surface area contributed by atoms with E-state index in [1.165, 1.54) is 4.88 Å². The number of hydrogen-bond acceptors (Lipinski definition) is 4. The number of benzene rings is 2. The zero-order chi connectivity index (χ0) is 16.1. The number of aliphatic hydroxyl groups excluding tert-OH is 1. The predicted octanol–water partition coefficient (Wildman–Crippen LogP) is 3.94. The number of nitrogens with zero attached hydrogens (tertiary/aromatic N) is 1. The number of aliphatic hydroxyl groups is 1. The molecule has 2 aromatic carbocycles. The highest BCUT2D eigenvalue weighted by Gasteiger charge is 2.08. The Bertz CT molecular complexity index is 755. The zero-order valence-corrected chi connectivity index (χ0v) is 13.9. The molecule has 23 heavy (non-hydrogen) atoms. The van der Waals surface area contributed by atoms with E-state index in [1.54, 1.807) is 11.3 Å². The van der Waals surface area contributed by atoms with Gasteiger partial charge in [0.25, 0.3) is 0 Å². The van der Waals surface area contributed by atoms with E-state index in [1.807, 2.05) is 55.6 Å². The monoisotopic (exact) mass is 324 g/mol. The quantitative estimate of drug-likeness (QED) is 0.722. The summed E-state index contributed by atoms with van der Waals surface area (Å²) in [5.74, 6) is 0. The predicted molar refractivity (Wildman–Crippen MR) is 95.4 cm³/mol. The molecular weight excluding hydrogens is 304 g/mol. The summed E-state index contributed by atoms with van der Waals surface area (Å²) in [7, 11) is 0. The van der Waals surface area contributed by atoms with Gasteiger partial charge in [0.1, 0.15) is 5.01 Å². The Balaban J connectivity index is 1.54. The Morgan fingerprint density at radius 3 is 2.74 bits per heavy atom. The summed E-state index contributed by atoms with van der Waals surface area (Å²) in [4.78, 5) is 5.64. The van der Waals surface area contributed by atoms with Crippen molar-refractivity contribution in [1.82, 2.24) is 10.3 Å². The Morgan fingerprint density at radius 2 is 1.96 bits per heavy atom. The van der Waals surface area contributed by atoms with Gasteiger partial charge in [0, 0.05) is 29.7 Å². The molecule has 1 aromatic heterocycles. The van der Waals surface area contributed by atoms with Crippen LogP contribution in [0.5, 0.6) is 0 Å². The molecule has 0 amide bonds. The molecule has 0 radical (unpaired) electrons. The van der Waals surface area contributed by atoms with Crippen LogP contribution in [0.2, 0.25) is 0 Å². The summed E-state index contributed by atoms with van der Waals surface area (Å²) < 4.78 is 0. The third-order valence-electron chi connectivity index (χ3n) is 3.64. The lowest BCUT2D eigenvalue weighted by molar-refractivity contribution is 0.174. The molecule has 1 unspecified atom stereocenters. The summed E-state index contributed by atoms with van der Waals surface area (Å²) in [6, 6.07) is 18.2. The van der Waals surface area contributed by atoms with Crippen LogP contribution in [0.25, 0.3) is 10.6 Å². The lowest BCUT2D eigenvalue weighted by atomic mass is 10.1. The summed E-state index contributed by atoms with van der Waals surface area (Å²) >= 11 is 1.68. The van der Waals surface area contributed by atoms with Crippen LogP contribution in [0.1, 0.15) is 22.1 Å². The number of aryl methyl sites for hydroxylation is 1. The van der Waals surface area contributed by atoms with Crippen LogP contribution in [-0.2, 0) is 6.54 Å². The molecule has 0 aliphatic rings. The minimum Gasteiger partial charge on any atom is -0.387 e. The fourth-order valence-corrected chi connectivity index (χ4v) is 3.32. The van der Waals surface area contributed by atoms with E-state index in [9.17, 15) is 5.11 Å². The van der Waals surface area contributed by atoms with Gasteiger partial charge in [0.2, 0.25) is 0 Å². The van der Waals surface area contributed by atoms with Crippen molar-refractivity contribution in [3.8, 4) is 10.6 Å². The van der Waals surface area contributed by atoms with E-state index in [0.717, 1.165) is 21.7 Å². The third kappa shape index (κ3) is 4.26. The van der Waals surface area contributed by atoms with E-state index < -0.39 is 6.10 Å². The van der Waals surface area contributed by atoms with E-state index in [4.69, 9.17) is 0 Å². The van der Waals surface area contributed by atoms with E-state index in [0.29, 0.717) is 13.1 Å². The number of nitrogens with one attached hydrogen (secondary N) is 1. The molecule has 1 atom stereocenters. The molecule has 3 aromatic rings. The molecule has 4 heteroatoms. The fraction of sp³-hybridized carbons (Fsp3) is 0.211. The van der Waals surface area contributed by atoms with Crippen LogP contribution in [0, 0.1) is 6.92 Å². The first kappa shape index (κ1) is 15.9. The van der Waals surface area contributed by atoms with Gasteiger partial charge in [-0.3, -0.25) is 0 Å². The summed E-state index contributed by atoms with van der Waals surface area (Å²) in [6.07, 6.45) is 1.41. The maximum absolute atomic E-state index is 10.2. The first-order valence-electron chi connectivity index (χ1n) is 7.68. The van der Waals surface area contributed by atoms with Crippen LogP contribution in [0.3, 0.4) is 0 Å². The van der Waals surface area contributed by atoms with Crippen molar-refractivity contribution in [2.75, 3.05) is 6.54 Å². The van der Waals surface area contributed by atoms with Crippen LogP contribution < -0.4 is 5.32 Å². The summed E-state index contributed by atoms with van der Waals surface area (Å²) in [6.45, 7) is 3.28. The molecular formula is C19H20N2OS. The molecule has 0 spiro atoms. The van der Waals surface area contributed by atoms with Crippen molar-refractivity contribution in [2.24, 2.45) is 0 Å².